The van der Waals surface area contributed by atoms with E-state index in [-0.39, 0.29) is 6.03 Å². The highest BCUT2D eigenvalue weighted by atomic mass is 35.5. The van der Waals surface area contributed by atoms with E-state index in [9.17, 15) is 4.79 Å². The maximum atomic E-state index is 11.4. The van der Waals surface area contributed by atoms with Crippen molar-refractivity contribution in [3.8, 4) is 0 Å². The molecule has 7 heteroatoms. The summed E-state index contributed by atoms with van der Waals surface area (Å²) in [6.45, 7) is 0.529. The van der Waals surface area contributed by atoms with E-state index >= 15 is 0 Å². The lowest BCUT2D eigenvalue weighted by Crippen LogP contribution is -2.30. The minimum atomic E-state index is -0.319. The van der Waals surface area contributed by atoms with Gasteiger partial charge in [-0.3, -0.25) is 5.32 Å². The Bertz CT molecular complexity index is 497. The normalized spacial score (nSPS) is 10.1. The first kappa shape index (κ1) is 12.4. The molecule has 2 amide bonds. The molecule has 18 heavy (non-hydrogen) atoms. The number of carbonyl (C=O) groups excluding carboxylic acids is 1. The molecule has 1 aromatic heterocycles. The van der Waals surface area contributed by atoms with Crippen LogP contribution in [-0.4, -0.2) is 27.8 Å². The third kappa shape index (κ3) is 3.74. The third-order valence-corrected chi connectivity index (χ3v) is 2.51. The monoisotopic (exact) mass is 265 g/mol. The van der Waals surface area contributed by atoms with E-state index in [1.807, 2.05) is 24.3 Å². The molecule has 94 valence electrons. The second kappa shape index (κ2) is 6.02. The Kier molecular flexibility index (Phi) is 4.14. The molecule has 2 aromatic rings. The Morgan fingerprint density at radius 2 is 2.11 bits per heavy atom. The molecule has 0 spiro atoms. The van der Waals surface area contributed by atoms with E-state index in [4.69, 9.17) is 11.6 Å². The molecule has 6 nitrogen and oxygen atoms in total. The molecule has 0 saturated carbocycles. The summed E-state index contributed by atoms with van der Waals surface area (Å²) in [5, 5.41) is 12.1. The number of amides is 2. The third-order valence-electron chi connectivity index (χ3n) is 2.26. The molecule has 0 radical (unpaired) electrons. The van der Waals surface area contributed by atoms with Crippen LogP contribution in [0.5, 0.6) is 0 Å². The molecule has 0 saturated heterocycles. The van der Waals surface area contributed by atoms with E-state index < -0.39 is 0 Å². The van der Waals surface area contributed by atoms with Crippen LogP contribution in [0.1, 0.15) is 5.56 Å². The van der Waals surface area contributed by atoms with E-state index in [0.717, 1.165) is 12.0 Å². The molecule has 0 atom stereocenters. The highest BCUT2D eigenvalue weighted by Gasteiger charge is 2.02. The zero-order valence-electron chi connectivity index (χ0n) is 9.48. The minimum Gasteiger partial charge on any atom is -0.337 e. The zero-order chi connectivity index (χ0) is 12.8. The molecule has 0 fully saturated rings. The van der Waals surface area contributed by atoms with Crippen LogP contribution in [0.3, 0.4) is 0 Å². The second-order valence-electron chi connectivity index (χ2n) is 3.59. The number of halogens is 1. The van der Waals surface area contributed by atoms with E-state index in [2.05, 4.69) is 25.8 Å². The van der Waals surface area contributed by atoms with Crippen LogP contribution in [0.2, 0.25) is 5.02 Å². The predicted octanol–water partition coefficient (Wildman–Crippen LogP) is 1.82. The van der Waals surface area contributed by atoms with Gasteiger partial charge in [-0.25, -0.2) is 9.89 Å². The number of benzene rings is 1. The zero-order valence-corrected chi connectivity index (χ0v) is 10.2. The Morgan fingerprint density at radius 3 is 2.78 bits per heavy atom. The maximum Gasteiger partial charge on any atom is 0.321 e. The summed E-state index contributed by atoms with van der Waals surface area (Å²) in [6, 6.07) is 7.19. The number of rotatable bonds is 4. The number of hydrogen-bond acceptors (Lipinski definition) is 3. The summed E-state index contributed by atoms with van der Waals surface area (Å²) >= 11 is 5.78. The van der Waals surface area contributed by atoms with Crippen molar-refractivity contribution in [2.45, 2.75) is 6.42 Å². The summed E-state index contributed by atoms with van der Waals surface area (Å²) < 4.78 is 0. The van der Waals surface area contributed by atoms with Gasteiger partial charge in [0.15, 0.2) is 0 Å². The molecule has 0 aliphatic rings. The van der Waals surface area contributed by atoms with Crippen molar-refractivity contribution in [2.24, 2.45) is 0 Å². The maximum absolute atomic E-state index is 11.4. The van der Waals surface area contributed by atoms with Gasteiger partial charge in [0, 0.05) is 11.6 Å². The van der Waals surface area contributed by atoms with Gasteiger partial charge in [-0.2, -0.15) is 10.1 Å². The SMILES string of the molecule is O=C(NCCc1ccc(Cl)cc1)Nc1ncn[nH]1. The number of nitrogens with one attached hydrogen (secondary N) is 3. The largest absolute Gasteiger partial charge is 0.337 e. The van der Waals surface area contributed by atoms with Crippen molar-refractivity contribution in [1.29, 1.82) is 0 Å². The van der Waals surface area contributed by atoms with Crippen molar-refractivity contribution < 1.29 is 4.79 Å². The molecular weight excluding hydrogens is 254 g/mol. The van der Waals surface area contributed by atoms with E-state index in [1.54, 1.807) is 0 Å². The number of aromatic nitrogens is 3. The minimum absolute atomic E-state index is 0.319. The predicted molar refractivity (Wildman–Crippen MR) is 68.6 cm³/mol. The first-order valence-electron chi connectivity index (χ1n) is 5.39. The molecule has 0 aliphatic carbocycles. The summed E-state index contributed by atoms with van der Waals surface area (Å²) in [5.41, 5.74) is 1.11. The van der Waals surface area contributed by atoms with Crippen molar-refractivity contribution in [1.82, 2.24) is 20.5 Å². The van der Waals surface area contributed by atoms with Gasteiger partial charge in [-0.15, -0.1) is 0 Å². The Labute approximate surface area is 109 Å². The molecule has 1 aromatic carbocycles. The number of urea groups is 1. The van der Waals surface area contributed by atoms with Gasteiger partial charge >= 0.3 is 6.03 Å². The number of anilines is 1. The van der Waals surface area contributed by atoms with Gasteiger partial charge in [-0.1, -0.05) is 23.7 Å². The molecule has 1 heterocycles. The Morgan fingerprint density at radius 1 is 1.33 bits per heavy atom. The fourth-order valence-corrected chi connectivity index (χ4v) is 1.51. The van der Waals surface area contributed by atoms with Crippen LogP contribution in [0, 0.1) is 0 Å². The lowest BCUT2D eigenvalue weighted by molar-refractivity contribution is 0.252. The van der Waals surface area contributed by atoms with Crippen molar-refractivity contribution in [2.75, 3.05) is 11.9 Å². The molecular formula is C11H12ClN5O. The lowest BCUT2D eigenvalue weighted by Gasteiger charge is -2.05. The first-order valence-corrected chi connectivity index (χ1v) is 5.76. The lowest BCUT2D eigenvalue weighted by atomic mass is 10.1. The standard InChI is InChI=1S/C11H12ClN5O/c12-9-3-1-8(2-4-9)5-6-13-11(18)16-10-14-7-15-17-10/h1-4,7H,5-6H2,(H3,13,14,15,16,17,18). The highest BCUT2D eigenvalue weighted by molar-refractivity contribution is 6.30. The van der Waals surface area contributed by atoms with E-state index in [1.165, 1.54) is 6.33 Å². The first-order chi connectivity index (χ1) is 8.74. The highest BCUT2D eigenvalue weighted by Crippen LogP contribution is 2.09. The summed E-state index contributed by atoms with van der Waals surface area (Å²) in [5.74, 6) is 0.319. The summed E-state index contributed by atoms with van der Waals surface area (Å²) in [7, 11) is 0. The Hall–Kier alpha value is -2.08. The van der Waals surface area contributed by atoms with Gasteiger partial charge < -0.3 is 5.32 Å². The molecule has 0 bridgehead atoms. The quantitative estimate of drug-likeness (QED) is 0.789. The van der Waals surface area contributed by atoms with Crippen LogP contribution < -0.4 is 10.6 Å². The smallest absolute Gasteiger partial charge is 0.321 e. The topological polar surface area (TPSA) is 82.7 Å². The van der Waals surface area contributed by atoms with Crippen LogP contribution in [0.15, 0.2) is 30.6 Å². The average Bonchev–Trinajstić information content (AvgIpc) is 2.84. The Balaban J connectivity index is 1.72. The van der Waals surface area contributed by atoms with Crippen molar-refractivity contribution >= 4 is 23.6 Å². The van der Waals surface area contributed by atoms with Crippen molar-refractivity contribution in [3.63, 3.8) is 0 Å². The van der Waals surface area contributed by atoms with Crippen LogP contribution in [0.25, 0.3) is 0 Å². The van der Waals surface area contributed by atoms with Gasteiger partial charge in [0.05, 0.1) is 0 Å². The number of nitrogens with zero attached hydrogens (tertiary/aromatic N) is 2. The number of aromatic amines is 1. The molecule has 3 N–H and O–H groups in total. The van der Waals surface area contributed by atoms with E-state index in [0.29, 0.717) is 17.5 Å². The number of H-pyrrole nitrogens is 1. The fraction of sp³-hybridized carbons (Fsp3) is 0.182. The van der Waals surface area contributed by atoms with Crippen LogP contribution in [-0.2, 0) is 6.42 Å². The fourth-order valence-electron chi connectivity index (χ4n) is 1.39. The van der Waals surface area contributed by atoms with Gasteiger partial charge in [0.25, 0.3) is 0 Å². The van der Waals surface area contributed by atoms with Gasteiger partial charge in [0.2, 0.25) is 5.95 Å². The molecule has 0 aliphatic heterocycles. The van der Waals surface area contributed by atoms with Crippen LogP contribution in [0.4, 0.5) is 10.7 Å². The second-order valence-corrected chi connectivity index (χ2v) is 4.03. The van der Waals surface area contributed by atoms with Crippen LogP contribution >= 0.6 is 11.6 Å². The summed E-state index contributed by atoms with van der Waals surface area (Å²) in [4.78, 5) is 15.2. The molecule has 0 unspecified atom stereocenters. The average molecular weight is 266 g/mol. The van der Waals surface area contributed by atoms with Gasteiger partial charge in [0.1, 0.15) is 6.33 Å². The summed E-state index contributed by atoms with van der Waals surface area (Å²) in [6.07, 6.45) is 2.06. The molecule has 2 rings (SSSR count). The number of hydrogen-bond donors (Lipinski definition) is 3. The van der Waals surface area contributed by atoms with Gasteiger partial charge in [-0.05, 0) is 24.1 Å². The van der Waals surface area contributed by atoms with Crippen molar-refractivity contribution in [3.05, 3.63) is 41.2 Å². The number of carbonyl (C=O) groups is 1.